The highest BCUT2D eigenvalue weighted by molar-refractivity contribution is 8.52. The number of allylic oxidation sites excluding steroid dienone is 8. The van der Waals surface area contributed by atoms with Crippen LogP contribution in [0, 0.1) is 0 Å². The predicted molar refractivity (Wildman–Crippen MR) is 209 cm³/mol. The van der Waals surface area contributed by atoms with E-state index in [0.29, 0.717) is 5.25 Å². The first kappa shape index (κ1) is 29.1. The van der Waals surface area contributed by atoms with Gasteiger partial charge in [0.1, 0.15) is 0 Å². The van der Waals surface area contributed by atoms with Crippen molar-refractivity contribution >= 4 is 31.0 Å². The topological polar surface area (TPSA) is 4.93 Å². The van der Waals surface area contributed by atoms with Crippen LogP contribution in [0.3, 0.4) is 0 Å². The molecule has 0 fully saturated rings. The average Bonchev–Trinajstić information content (AvgIpc) is 3.35. The van der Waals surface area contributed by atoms with E-state index < -0.39 is 9.16 Å². The fourth-order valence-electron chi connectivity index (χ4n) is 8.94. The van der Waals surface area contributed by atoms with Gasteiger partial charge in [-0.05, 0) is 99.2 Å². The molecule has 1 heterocycles. The zero-order chi connectivity index (χ0) is 32.2. The maximum absolute atomic E-state index is 3.05. The third kappa shape index (κ3) is 4.19. The maximum atomic E-state index is 2.66. The first-order valence-corrected chi connectivity index (χ1v) is 20.1. The number of fused-ring (bicyclic) bond motifs is 6. The van der Waals surface area contributed by atoms with Gasteiger partial charge in [-0.3, -0.25) is 0 Å². The molecule has 1 nitrogen and oxygen atoms in total. The second-order valence-electron chi connectivity index (χ2n) is 13.8. The van der Waals surface area contributed by atoms with Gasteiger partial charge in [-0.2, -0.15) is 0 Å². The standard InChI is InChI=1S/C46H41NS/c1-48(39-21-11-6-12-22-39,37-17-7-2-3-8-18-37,38-19-9-4-5-10-20-38)40-30-28-35-31-34-27-29-36(32-43(34)44(35)33-40)47-45-25-15-13-23-41(45)42-24-14-16-26-46(42)47/h2-7,9,11-19,21-30,32-33,38,48H,8,10,20,31H2,1H3. The van der Waals surface area contributed by atoms with Crippen LogP contribution in [0.15, 0.2) is 185 Å². The van der Waals surface area contributed by atoms with Gasteiger partial charge in [-0.15, -0.1) is 0 Å². The predicted octanol–water partition coefficient (Wildman–Crippen LogP) is 12.2. The van der Waals surface area contributed by atoms with E-state index in [1.165, 1.54) is 64.4 Å². The number of aromatic nitrogens is 1. The Bertz CT molecular complexity index is 2330. The highest BCUT2D eigenvalue weighted by atomic mass is 32.3. The number of thiol groups is 1. The summed E-state index contributed by atoms with van der Waals surface area (Å²) < 4.78 is 2.45. The molecule has 3 aliphatic carbocycles. The molecule has 3 aliphatic rings. The third-order valence-corrected chi connectivity index (χ3v) is 18.5. The van der Waals surface area contributed by atoms with Gasteiger partial charge in [-0.25, -0.2) is 9.16 Å². The number of nitrogens with zero attached hydrogens (tertiary/aromatic N) is 1. The van der Waals surface area contributed by atoms with Crippen LogP contribution < -0.4 is 0 Å². The van der Waals surface area contributed by atoms with Crippen molar-refractivity contribution in [3.05, 3.63) is 186 Å². The number of benzene rings is 5. The van der Waals surface area contributed by atoms with Crippen LogP contribution in [0.25, 0.3) is 38.6 Å². The van der Waals surface area contributed by atoms with Crippen LogP contribution >= 0.6 is 9.16 Å². The molecular formula is C46H41NS. The number of rotatable bonds is 5. The summed E-state index contributed by atoms with van der Waals surface area (Å²) in [5, 5.41) is 2.98. The molecule has 236 valence electrons. The van der Waals surface area contributed by atoms with Gasteiger partial charge >= 0.3 is 0 Å². The molecule has 1 atom stereocenters. The van der Waals surface area contributed by atoms with E-state index in [2.05, 4.69) is 181 Å². The monoisotopic (exact) mass is 639 g/mol. The Morgan fingerprint density at radius 2 is 1.31 bits per heavy atom. The van der Waals surface area contributed by atoms with Crippen LogP contribution in [0.4, 0.5) is 0 Å². The van der Waals surface area contributed by atoms with Crippen LogP contribution in [-0.2, 0) is 6.42 Å². The summed E-state index contributed by atoms with van der Waals surface area (Å²) in [7, 11) is -3.05. The molecule has 9 rings (SSSR count). The molecule has 0 N–H and O–H groups in total. The van der Waals surface area contributed by atoms with E-state index in [-0.39, 0.29) is 0 Å². The SMILES string of the molecule is C[SH](C1=CCC=CC=C1)(c1ccccc1)(c1ccc2c(c1)-c1cc(-n3c4ccccc4c4ccccc43)ccc1C2)C1C=CC=CCC1. The Morgan fingerprint density at radius 3 is 2.10 bits per heavy atom. The second-order valence-corrected chi connectivity index (χ2v) is 19.3. The summed E-state index contributed by atoms with van der Waals surface area (Å²) in [6, 6.07) is 43.9. The summed E-state index contributed by atoms with van der Waals surface area (Å²) in [6.45, 7) is 0. The molecule has 6 aromatic rings. The maximum Gasteiger partial charge on any atom is 0.0541 e. The third-order valence-electron chi connectivity index (χ3n) is 11.5. The van der Waals surface area contributed by atoms with Gasteiger partial charge in [0.25, 0.3) is 0 Å². The molecule has 48 heavy (non-hydrogen) atoms. The highest BCUT2D eigenvalue weighted by Gasteiger charge is 2.48. The lowest BCUT2D eigenvalue weighted by Crippen LogP contribution is -2.32. The molecule has 1 unspecified atom stereocenters. The summed E-state index contributed by atoms with van der Waals surface area (Å²) >= 11 is 0. The van der Waals surface area contributed by atoms with Crippen molar-refractivity contribution in [1.82, 2.24) is 4.57 Å². The molecule has 0 aliphatic heterocycles. The molecule has 5 aromatic carbocycles. The molecule has 0 amide bonds. The van der Waals surface area contributed by atoms with Gasteiger partial charge in [0.05, 0.1) is 11.0 Å². The van der Waals surface area contributed by atoms with Crippen molar-refractivity contribution in [2.75, 3.05) is 6.26 Å². The van der Waals surface area contributed by atoms with E-state index in [4.69, 9.17) is 0 Å². The summed E-state index contributed by atoms with van der Waals surface area (Å²) in [6.07, 6.45) is 28.0. The minimum absolute atomic E-state index is 0.380. The van der Waals surface area contributed by atoms with Gasteiger partial charge < -0.3 is 4.57 Å². The molecular weight excluding hydrogens is 599 g/mol. The van der Waals surface area contributed by atoms with Crippen molar-refractivity contribution in [1.29, 1.82) is 0 Å². The summed E-state index contributed by atoms with van der Waals surface area (Å²) in [5.41, 5.74) is 9.33. The number of hydrogen-bond acceptors (Lipinski definition) is 0. The highest BCUT2D eigenvalue weighted by Crippen LogP contribution is 2.87. The van der Waals surface area contributed by atoms with E-state index in [0.717, 1.165) is 25.7 Å². The fourth-order valence-corrected chi connectivity index (χ4v) is 15.2. The van der Waals surface area contributed by atoms with Gasteiger partial charge in [0.2, 0.25) is 0 Å². The van der Waals surface area contributed by atoms with Crippen LogP contribution in [0.5, 0.6) is 0 Å². The van der Waals surface area contributed by atoms with Crippen molar-refractivity contribution in [3.63, 3.8) is 0 Å². The fraction of sp³-hybridized carbons (Fsp3) is 0.130. The number of hydrogen-bond donors (Lipinski definition) is 1. The first-order valence-electron chi connectivity index (χ1n) is 17.3. The van der Waals surface area contributed by atoms with Crippen LogP contribution in [-0.4, -0.2) is 16.1 Å². The second kappa shape index (κ2) is 11.3. The first-order chi connectivity index (χ1) is 23.6. The van der Waals surface area contributed by atoms with E-state index in [9.17, 15) is 0 Å². The minimum atomic E-state index is -3.05. The van der Waals surface area contributed by atoms with Crippen molar-refractivity contribution in [2.45, 2.75) is 40.7 Å². The zero-order valence-electron chi connectivity index (χ0n) is 27.5. The largest absolute Gasteiger partial charge is 0.309 e. The minimum Gasteiger partial charge on any atom is -0.309 e. The lowest BCUT2D eigenvalue weighted by atomic mass is 10.1. The van der Waals surface area contributed by atoms with E-state index in [1.807, 2.05) is 0 Å². The Labute approximate surface area is 284 Å². The lowest BCUT2D eigenvalue weighted by molar-refractivity contribution is 0.870. The van der Waals surface area contributed by atoms with Gasteiger partial charge in [0, 0.05) is 21.7 Å². The molecule has 0 bridgehead atoms. The molecule has 0 saturated heterocycles. The molecule has 2 heteroatoms. The quantitative estimate of drug-likeness (QED) is 0.179. The van der Waals surface area contributed by atoms with Gasteiger partial charge in [0.15, 0.2) is 0 Å². The zero-order valence-corrected chi connectivity index (χ0v) is 28.4. The average molecular weight is 640 g/mol. The normalized spacial score (nSPS) is 17.8. The Kier molecular flexibility index (Phi) is 6.85. The van der Waals surface area contributed by atoms with E-state index in [1.54, 1.807) is 0 Å². The molecule has 0 spiro atoms. The number of para-hydroxylation sites is 2. The Morgan fingerprint density at radius 1 is 0.625 bits per heavy atom. The smallest absolute Gasteiger partial charge is 0.0541 e. The van der Waals surface area contributed by atoms with Crippen LogP contribution in [0.2, 0.25) is 0 Å². The molecule has 0 radical (unpaired) electrons. The van der Waals surface area contributed by atoms with Crippen LogP contribution in [0.1, 0.15) is 30.4 Å². The molecule has 1 aromatic heterocycles. The Hall–Kier alpha value is -5.05. The van der Waals surface area contributed by atoms with Crippen molar-refractivity contribution in [2.24, 2.45) is 0 Å². The summed E-state index contributed by atoms with van der Waals surface area (Å²) in [4.78, 5) is 4.44. The summed E-state index contributed by atoms with van der Waals surface area (Å²) in [5.74, 6) is 0. The lowest BCUT2D eigenvalue weighted by Gasteiger charge is -2.65. The van der Waals surface area contributed by atoms with Crippen molar-refractivity contribution < 1.29 is 0 Å². The van der Waals surface area contributed by atoms with Crippen molar-refractivity contribution in [3.8, 4) is 16.8 Å². The van der Waals surface area contributed by atoms with Gasteiger partial charge in [-0.1, -0.05) is 140 Å². The Balaban J connectivity index is 1.29. The molecule has 0 saturated carbocycles. The van der Waals surface area contributed by atoms with E-state index >= 15 is 0 Å².